The van der Waals surface area contributed by atoms with Crippen LogP contribution in [0.2, 0.25) is 0 Å². The summed E-state index contributed by atoms with van der Waals surface area (Å²) < 4.78 is 5.50. The first-order valence-corrected chi connectivity index (χ1v) is 11.9. The minimum atomic E-state index is -0.582. The van der Waals surface area contributed by atoms with Gasteiger partial charge in [-0.1, -0.05) is 24.3 Å². The molecule has 1 unspecified atom stereocenters. The standard InChI is InChI=1S/C25H35N3O4/c1-25(2,3)32-24(31)28-13-6-9-21(28)23(30)26-14-11-19(12-15-26)22(29)27-16-10-18-7-4-5-8-20(18)17-27/h4-5,7-8,19,21H,6,9-17H2,1-3H3. The van der Waals surface area contributed by atoms with Crippen molar-refractivity contribution in [2.75, 3.05) is 26.2 Å². The van der Waals surface area contributed by atoms with Crippen molar-refractivity contribution in [3.8, 4) is 0 Å². The van der Waals surface area contributed by atoms with E-state index in [1.165, 1.54) is 11.1 Å². The predicted molar refractivity (Wildman–Crippen MR) is 121 cm³/mol. The number of hydrogen-bond donors (Lipinski definition) is 0. The van der Waals surface area contributed by atoms with E-state index in [1.807, 2.05) is 36.6 Å². The van der Waals surface area contributed by atoms with Crippen LogP contribution >= 0.6 is 0 Å². The molecule has 7 nitrogen and oxygen atoms in total. The Morgan fingerprint density at radius 1 is 0.875 bits per heavy atom. The highest BCUT2D eigenvalue weighted by Crippen LogP contribution is 2.27. The van der Waals surface area contributed by atoms with E-state index in [-0.39, 0.29) is 17.7 Å². The summed E-state index contributed by atoms with van der Waals surface area (Å²) in [5, 5.41) is 0. The van der Waals surface area contributed by atoms with E-state index in [0.717, 1.165) is 19.4 Å². The smallest absolute Gasteiger partial charge is 0.410 e. The molecule has 32 heavy (non-hydrogen) atoms. The number of likely N-dealkylation sites (tertiary alicyclic amines) is 2. The molecule has 0 aliphatic carbocycles. The van der Waals surface area contributed by atoms with Gasteiger partial charge in [-0.05, 0) is 64.0 Å². The first kappa shape index (κ1) is 22.6. The molecular formula is C25H35N3O4. The highest BCUT2D eigenvalue weighted by molar-refractivity contribution is 5.87. The number of nitrogens with zero attached hydrogens (tertiary/aromatic N) is 3. The van der Waals surface area contributed by atoms with Crippen molar-refractivity contribution >= 4 is 17.9 Å². The molecular weight excluding hydrogens is 406 g/mol. The minimum Gasteiger partial charge on any atom is -0.444 e. The molecule has 3 amide bonds. The van der Waals surface area contributed by atoms with Crippen molar-refractivity contribution < 1.29 is 19.1 Å². The summed E-state index contributed by atoms with van der Waals surface area (Å²) in [6, 6.07) is 7.88. The fourth-order valence-electron chi connectivity index (χ4n) is 5.06. The number of carbonyl (C=O) groups is 3. The summed E-state index contributed by atoms with van der Waals surface area (Å²) >= 11 is 0. The monoisotopic (exact) mass is 441 g/mol. The van der Waals surface area contributed by atoms with E-state index in [2.05, 4.69) is 18.2 Å². The van der Waals surface area contributed by atoms with Gasteiger partial charge in [0.15, 0.2) is 0 Å². The number of piperidine rings is 1. The summed E-state index contributed by atoms with van der Waals surface area (Å²) in [5.41, 5.74) is 1.99. The van der Waals surface area contributed by atoms with Gasteiger partial charge in [0.05, 0.1) is 0 Å². The predicted octanol–water partition coefficient (Wildman–Crippen LogP) is 3.21. The van der Waals surface area contributed by atoms with Crippen molar-refractivity contribution in [1.29, 1.82) is 0 Å². The Bertz CT molecular complexity index is 870. The Kier molecular flexibility index (Phi) is 6.45. The van der Waals surface area contributed by atoms with E-state index in [9.17, 15) is 14.4 Å². The molecule has 0 N–H and O–H groups in total. The summed E-state index contributed by atoms with van der Waals surface area (Å²) in [4.78, 5) is 44.2. The number of carbonyl (C=O) groups excluding carboxylic acids is 3. The lowest BCUT2D eigenvalue weighted by atomic mass is 9.92. The van der Waals surface area contributed by atoms with Crippen molar-refractivity contribution in [2.24, 2.45) is 5.92 Å². The Balaban J connectivity index is 1.31. The van der Waals surface area contributed by atoms with Crippen LogP contribution < -0.4 is 0 Å². The SMILES string of the molecule is CC(C)(C)OC(=O)N1CCCC1C(=O)N1CCC(C(=O)N2CCc3ccccc3C2)CC1. The second kappa shape index (κ2) is 9.12. The molecule has 2 saturated heterocycles. The van der Waals surface area contributed by atoms with Gasteiger partial charge >= 0.3 is 6.09 Å². The number of benzene rings is 1. The molecule has 3 heterocycles. The van der Waals surface area contributed by atoms with Gasteiger partial charge in [-0.2, -0.15) is 0 Å². The minimum absolute atomic E-state index is 0.00819. The Morgan fingerprint density at radius 3 is 2.25 bits per heavy atom. The Morgan fingerprint density at radius 2 is 1.56 bits per heavy atom. The highest BCUT2D eigenvalue weighted by atomic mass is 16.6. The van der Waals surface area contributed by atoms with Gasteiger partial charge in [0.2, 0.25) is 11.8 Å². The van der Waals surface area contributed by atoms with E-state index in [4.69, 9.17) is 4.74 Å². The molecule has 1 atom stereocenters. The molecule has 2 fully saturated rings. The maximum absolute atomic E-state index is 13.2. The number of ether oxygens (including phenoxy) is 1. The van der Waals surface area contributed by atoms with E-state index >= 15 is 0 Å². The van der Waals surface area contributed by atoms with Gasteiger partial charge in [0.1, 0.15) is 11.6 Å². The van der Waals surface area contributed by atoms with Crippen LogP contribution in [0, 0.1) is 5.92 Å². The molecule has 0 aromatic heterocycles. The molecule has 7 heteroatoms. The maximum atomic E-state index is 13.2. The van der Waals surface area contributed by atoms with Gasteiger partial charge < -0.3 is 14.5 Å². The number of amides is 3. The van der Waals surface area contributed by atoms with Gasteiger partial charge in [0, 0.05) is 38.6 Å². The molecule has 1 aromatic carbocycles. The number of fused-ring (bicyclic) bond motifs is 1. The Labute approximate surface area is 190 Å². The topological polar surface area (TPSA) is 70.2 Å². The molecule has 0 radical (unpaired) electrons. The molecule has 0 bridgehead atoms. The summed E-state index contributed by atoms with van der Waals surface area (Å²) in [7, 11) is 0. The van der Waals surface area contributed by atoms with Crippen molar-refractivity contribution in [2.45, 2.75) is 71.1 Å². The van der Waals surface area contributed by atoms with Gasteiger partial charge in [-0.3, -0.25) is 14.5 Å². The highest BCUT2D eigenvalue weighted by Gasteiger charge is 2.40. The molecule has 174 valence electrons. The van der Waals surface area contributed by atoms with Crippen LogP contribution in [0.25, 0.3) is 0 Å². The zero-order chi connectivity index (χ0) is 22.9. The first-order valence-electron chi connectivity index (χ1n) is 11.9. The fourth-order valence-corrected chi connectivity index (χ4v) is 5.06. The van der Waals surface area contributed by atoms with Crippen LogP contribution in [-0.2, 0) is 27.3 Å². The molecule has 0 saturated carbocycles. The molecule has 3 aliphatic rings. The quantitative estimate of drug-likeness (QED) is 0.707. The molecule has 4 rings (SSSR count). The zero-order valence-corrected chi connectivity index (χ0v) is 19.5. The summed E-state index contributed by atoms with van der Waals surface area (Å²) in [5.74, 6) is 0.170. The normalized spacial score (nSPS) is 22.0. The third-order valence-corrected chi connectivity index (χ3v) is 6.76. The summed E-state index contributed by atoms with van der Waals surface area (Å²) in [6.45, 7) is 8.64. The average molecular weight is 442 g/mol. The van der Waals surface area contributed by atoms with E-state index in [1.54, 1.807) is 4.90 Å². The summed E-state index contributed by atoms with van der Waals surface area (Å²) in [6.07, 6.45) is 3.33. The first-order chi connectivity index (χ1) is 15.2. The third kappa shape index (κ3) is 4.92. The molecule has 1 aromatic rings. The lowest BCUT2D eigenvalue weighted by Crippen LogP contribution is -2.52. The van der Waals surface area contributed by atoms with Crippen molar-refractivity contribution in [1.82, 2.24) is 14.7 Å². The Hall–Kier alpha value is -2.57. The second-order valence-electron chi connectivity index (χ2n) is 10.2. The maximum Gasteiger partial charge on any atom is 0.410 e. The number of hydrogen-bond acceptors (Lipinski definition) is 4. The van der Waals surface area contributed by atoms with Gasteiger partial charge in [-0.25, -0.2) is 4.79 Å². The molecule has 3 aliphatic heterocycles. The molecule has 0 spiro atoms. The van der Waals surface area contributed by atoms with E-state index < -0.39 is 17.7 Å². The average Bonchev–Trinajstić information content (AvgIpc) is 3.27. The van der Waals surface area contributed by atoms with E-state index in [0.29, 0.717) is 45.4 Å². The van der Waals surface area contributed by atoms with Crippen LogP contribution in [-0.4, -0.2) is 70.4 Å². The van der Waals surface area contributed by atoms with Crippen LogP contribution in [0.3, 0.4) is 0 Å². The third-order valence-electron chi connectivity index (χ3n) is 6.76. The lowest BCUT2D eigenvalue weighted by Gasteiger charge is -2.37. The van der Waals surface area contributed by atoms with Crippen LogP contribution in [0.15, 0.2) is 24.3 Å². The van der Waals surface area contributed by atoms with Gasteiger partial charge in [-0.15, -0.1) is 0 Å². The fraction of sp³-hybridized carbons (Fsp3) is 0.640. The number of rotatable bonds is 2. The van der Waals surface area contributed by atoms with Gasteiger partial charge in [0.25, 0.3) is 0 Å². The lowest BCUT2D eigenvalue weighted by molar-refractivity contribution is -0.143. The van der Waals surface area contributed by atoms with Crippen molar-refractivity contribution in [3.05, 3.63) is 35.4 Å². The van der Waals surface area contributed by atoms with Crippen molar-refractivity contribution in [3.63, 3.8) is 0 Å². The van der Waals surface area contributed by atoms with Crippen LogP contribution in [0.1, 0.15) is 57.6 Å². The van der Waals surface area contributed by atoms with Crippen LogP contribution in [0.5, 0.6) is 0 Å². The largest absolute Gasteiger partial charge is 0.444 e. The zero-order valence-electron chi connectivity index (χ0n) is 19.5. The van der Waals surface area contributed by atoms with Crippen LogP contribution in [0.4, 0.5) is 4.79 Å². The second-order valence-corrected chi connectivity index (χ2v) is 10.2.